The van der Waals surface area contributed by atoms with Crippen LogP contribution in [0.3, 0.4) is 0 Å². The molecule has 1 unspecified atom stereocenters. The minimum absolute atomic E-state index is 0. The molecule has 6 nitrogen and oxygen atoms in total. The number of nitrogens with zero attached hydrogens (tertiary/aromatic N) is 1. The van der Waals surface area contributed by atoms with E-state index in [-0.39, 0.29) is 36.5 Å². The van der Waals surface area contributed by atoms with Crippen LogP contribution in [-0.4, -0.2) is 24.3 Å². The van der Waals surface area contributed by atoms with Crippen LogP contribution in [0.5, 0.6) is 0 Å². The number of carbonyl (C=O) groups is 2. The van der Waals surface area contributed by atoms with Crippen molar-refractivity contribution in [3.63, 3.8) is 0 Å². The SMILES string of the molecule is COC(=O)C1(C=O)C=CC(S)=C([N+](=O)[O-])C1.[Zn]. The Morgan fingerprint density at radius 3 is 2.71 bits per heavy atom. The van der Waals surface area contributed by atoms with Crippen LogP contribution in [0.4, 0.5) is 0 Å². The molecule has 0 bridgehead atoms. The van der Waals surface area contributed by atoms with Crippen molar-refractivity contribution in [2.24, 2.45) is 5.41 Å². The van der Waals surface area contributed by atoms with E-state index in [0.29, 0.717) is 6.29 Å². The number of nitro groups is 1. The van der Waals surface area contributed by atoms with Gasteiger partial charge in [-0.1, -0.05) is 6.08 Å². The zero-order valence-electron chi connectivity index (χ0n) is 9.08. The third kappa shape index (κ3) is 3.01. The molecule has 0 spiro atoms. The maximum atomic E-state index is 11.4. The van der Waals surface area contributed by atoms with Crippen molar-refractivity contribution in [2.75, 3.05) is 7.11 Å². The van der Waals surface area contributed by atoms with E-state index in [0.717, 1.165) is 7.11 Å². The molecule has 8 heteroatoms. The molecule has 1 aliphatic rings. The molecule has 0 N–H and O–H groups in total. The molecule has 1 rings (SSSR count). The fourth-order valence-electron chi connectivity index (χ4n) is 1.37. The minimum Gasteiger partial charge on any atom is -0.468 e. The first-order valence-electron chi connectivity index (χ1n) is 4.27. The van der Waals surface area contributed by atoms with Crippen molar-refractivity contribution in [3.8, 4) is 0 Å². The predicted octanol–water partition coefficient (Wildman–Crippen LogP) is 0.720. The number of carbonyl (C=O) groups excluding carboxylic acids is 2. The topological polar surface area (TPSA) is 86.5 Å². The number of ether oxygens (including phenoxy) is 1. The zero-order valence-corrected chi connectivity index (χ0v) is 12.9. The van der Waals surface area contributed by atoms with Gasteiger partial charge in [-0.25, -0.2) is 0 Å². The van der Waals surface area contributed by atoms with Crippen molar-refractivity contribution in [1.29, 1.82) is 0 Å². The summed E-state index contributed by atoms with van der Waals surface area (Å²) in [6.07, 6.45) is 2.53. The van der Waals surface area contributed by atoms with E-state index in [2.05, 4.69) is 17.4 Å². The van der Waals surface area contributed by atoms with Crippen molar-refractivity contribution in [2.45, 2.75) is 6.42 Å². The molecular weight excluding hydrogens is 300 g/mol. The Labute approximate surface area is 115 Å². The van der Waals surface area contributed by atoms with Crippen LogP contribution in [0.15, 0.2) is 22.8 Å². The van der Waals surface area contributed by atoms with Crippen LogP contribution in [0.25, 0.3) is 0 Å². The van der Waals surface area contributed by atoms with Crippen molar-refractivity contribution >= 4 is 24.9 Å². The predicted molar refractivity (Wildman–Crippen MR) is 57.3 cm³/mol. The number of aldehydes is 1. The maximum absolute atomic E-state index is 11.4. The summed E-state index contributed by atoms with van der Waals surface area (Å²) >= 11 is 3.89. The molecule has 0 aromatic rings. The van der Waals surface area contributed by atoms with Gasteiger partial charge in [0.05, 0.1) is 23.4 Å². The molecule has 88 valence electrons. The first kappa shape index (κ1) is 16.0. The molecule has 1 aliphatic carbocycles. The summed E-state index contributed by atoms with van der Waals surface area (Å²) in [7, 11) is 1.12. The molecule has 0 aliphatic heterocycles. The molecule has 0 radical (unpaired) electrons. The van der Waals surface area contributed by atoms with Gasteiger partial charge < -0.3 is 9.53 Å². The van der Waals surface area contributed by atoms with E-state index in [1.54, 1.807) is 0 Å². The molecule has 0 fully saturated rings. The Balaban J connectivity index is 0.00000256. The van der Waals surface area contributed by atoms with E-state index in [4.69, 9.17) is 0 Å². The normalized spacial score (nSPS) is 22.7. The average molecular weight is 309 g/mol. The van der Waals surface area contributed by atoms with Gasteiger partial charge in [0, 0.05) is 19.5 Å². The van der Waals surface area contributed by atoms with Gasteiger partial charge in [0.25, 0.3) is 5.70 Å². The number of allylic oxidation sites excluding steroid dienone is 2. The van der Waals surface area contributed by atoms with E-state index in [1.165, 1.54) is 12.2 Å². The van der Waals surface area contributed by atoms with Crippen LogP contribution in [0.2, 0.25) is 0 Å². The number of methoxy groups -OCH3 is 1. The van der Waals surface area contributed by atoms with Crippen LogP contribution in [0, 0.1) is 15.5 Å². The average Bonchev–Trinajstić information content (AvgIpc) is 2.28. The summed E-state index contributed by atoms with van der Waals surface area (Å²) in [6, 6.07) is 0. The monoisotopic (exact) mass is 307 g/mol. The molecule has 0 heterocycles. The Bertz CT molecular complexity index is 420. The maximum Gasteiger partial charge on any atom is 0.323 e. The van der Waals surface area contributed by atoms with Gasteiger partial charge in [0.1, 0.15) is 6.29 Å². The van der Waals surface area contributed by atoms with Gasteiger partial charge in [0.2, 0.25) is 0 Å². The van der Waals surface area contributed by atoms with Crippen molar-refractivity contribution in [3.05, 3.63) is 32.9 Å². The Hall–Kier alpha value is -1.01. The minimum atomic E-state index is -1.61. The Kier molecular flexibility index (Phi) is 5.71. The molecule has 0 saturated carbocycles. The van der Waals surface area contributed by atoms with Crippen LogP contribution in [-0.2, 0) is 33.8 Å². The second-order valence-corrected chi connectivity index (χ2v) is 3.73. The number of hydrogen-bond acceptors (Lipinski definition) is 6. The number of hydrogen-bond donors (Lipinski definition) is 1. The quantitative estimate of drug-likeness (QED) is 0.158. The largest absolute Gasteiger partial charge is 0.468 e. The molecule has 0 aromatic carbocycles. The third-order valence-electron chi connectivity index (χ3n) is 2.29. The molecular formula is C9H9NO5SZn. The summed E-state index contributed by atoms with van der Waals surface area (Å²) in [4.78, 5) is 32.5. The summed E-state index contributed by atoms with van der Waals surface area (Å²) in [6.45, 7) is 0. The summed E-state index contributed by atoms with van der Waals surface area (Å²) in [5.41, 5.74) is -1.88. The fraction of sp³-hybridized carbons (Fsp3) is 0.333. The molecule has 0 amide bonds. The molecule has 17 heavy (non-hydrogen) atoms. The van der Waals surface area contributed by atoms with Crippen LogP contribution < -0.4 is 0 Å². The van der Waals surface area contributed by atoms with E-state index in [1.807, 2.05) is 0 Å². The first-order valence-corrected chi connectivity index (χ1v) is 4.72. The van der Waals surface area contributed by atoms with Gasteiger partial charge in [-0.05, 0) is 6.08 Å². The standard InChI is InChI=1S/C9H9NO5S.Zn/c1-15-8(12)9(5-11)3-2-7(16)6(4-9)10(13)14;/h2-3,5,16H,4H2,1H3;. The van der Waals surface area contributed by atoms with Crippen molar-refractivity contribution < 1.29 is 38.7 Å². The van der Waals surface area contributed by atoms with Gasteiger partial charge in [-0.15, -0.1) is 12.6 Å². The first-order chi connectivity index (χ1) is 7.46. The summed E-state index contributed by atoms with van der Waals surface area (Å²) < 4.78 is 4.46. The molecule has 1 atom stereocenters. The second-order valence-electron chi connectivity index (χ2n) is 3.25. The molecule has 0 saturated heterocycles. The van der Waals surface area contributed by atoms with Crippen LogP contribution in [0.1, 0.15) is 6.42 Å². The zero-order chi connectivity index (χ0) is 12.3. The Morgan fingerprint density at radius 2 is 2.29 bits per heavy atom. The van der Waals surface area contributed by atoms with Gasteiger partial charge in [-0.3, -0.25) is 14.9 Å². The van der Waals surface area contributed by atoms with Gasteiger partial charge in [-0.2, -0.15) is 0 Å². The smallest absolute Gasteiger partial charge is 0.323 e. The number of esters is 1. The Morgan fingerprint density at radius 1 is 1.71 bits per heavy atom. The summed E-state index contributed by atoms with van der Waals surface area (Å²) in [5, 5.41) is 10.7. The third-order valence-corrected chi connectivity index (χ3v) is 2.70. The van der Waals surface area contributed by atoms with E-state index in [9.17, 15) is 19.7 Å². The second kappa shape index (κ2) is 6.07. The summed E-state index contributed by atoms with van der Waals surface area (Å²) in [5.74, 6) is -0.820. The number of rotatable bonds is 3. The van der Waals surface area contributed by atoms with Gasteiger partial charge >= 0.3 is 5.97 Å². The molecule has 0 aromatic heterocycles. The van der Waals surface area contributed by atoms with Crippen molar-refractivity contribution in [1.82, 2.24) is 0 Å². The fourth-order valence-corrected chi connectivity index (χ4v) is 1.60. The van der Waals surface area contributed by atoms with E-state index >= 15 is 0 Å². The number of thiol groups is 1. The van der Waals surface area contributed by atoms with E-state index < -0.39 is 16.3 Å². The van der Waals surface area contributed by atoms with Gasteiger partial charge in [0.15, 0.2) is 5.41 Å². The van der Waals surface area contributed by atoms with Crippen LogP contribution >= 0.6 is 12.6 Å².